The van der Waals surface area contributed by atoms with Gasteiger partial charge in [-0.05, 0) is 62.5 Å². The van der Waals surface area contributed by atoms with Crippen LogP contribution in [0.15, 0.2) is 53.6 Å². The van der Waals surface area contributed by atoms with Crippen molar-refractivity contribution in [3.8, 4) is 23.0 Å². The summed E-state index contributed by atoms with van der Waals surface area (Å²) in [4.78, 5) is 37.2. The van der Waals surface area contributed by atoms with E-state index in [-0.39, 0.29) is 40.8 Å². The molecule has 0 spiro atoms. The van der Waals surface area contributed by atoms with Crippen molar-refractivity contribution in [3.63, 3.8) is 0 Å². The Labute approximate surface area is 307 Å². The van der Waals surface area contributed by atoms with Crippen LogP contribution in [0.25, 0.3) is 0 Å². The van der Waals surface area contributed by atoms with Crippen molar-refractivity contribution in [1.82, 2.24) is 9.80 Å². The topological polar surface area (TPSA) is 113 Å². The number of carbonyl (C=O) groups is 2. The average molecular weight is 715 g/mol. The molecule has 52 heavy (non-hydrogen) atoms. The Bertz CT molecular complexity index is 1800. The van der Waals surface area contributed by atoms with Crippen LogP contribution in [0.5, 0.6) is 23.0 Å². The summed E-state index contributed by atoms with van der Waals surface area (Å²) in [6.45, 7) is 22.7. The molecule has 0 aromatic heterocycles. The molecule has 11 nitrogen and oxygen atoms in total. The number of aliphatic hydroxyl groups is 1. The van der Waals surface area contributed by atoms with E-state index < -0.39 is 6.23 Å². The minimum absolute atomic E-state index is 0.0699. The molecule has 2 amide bonds. The van der Waals surface area contributed by atoms with E-state index in [0.29, 0.717) is 78.2 Å². The van der Waals surface area contributed by atoms with E-state index in [1.807, 2.05) is 31.0 Å². The molecular weight excluding hydrogens is 660 g/mol. The first-order valence-corrected chi connectivity index (χ1v) is 18.2. The quantitative estimate of drug-likeness (QED) is 0.239. The molecule has 2 aromatic rings. The van der Waals surface area contributed by atoms with Gasteiger partial charge in [0.25, 0.3) is 11.8 Å². The summed E-state index contributed by atoms with van der Waals surface area (Å²) in [6, 6.07) is 6.58. The molecule has 2 aromatic carbocycles. The van der Waals surface area contributed by atoms with Crippen LogP contribution >= 0.6 is 0 Å². The molecule has 0 aliphatic carbocycles. The third kappa shape index (κ3) is 7.24. The maximum absolute atomic E-state index is 13.8. The van der Waals surface area contributed by atoms with Crippen molar-refractivity contribution in [2.24, 2.45) is 15.8 Å². The fourth-order valence-corrected chi connectivity index (χ4v) is 8.34. The van der Waals surface area contributed by atoms with Gasteiger partial charge in [-0.1, -0.05) is 52.0 Å². The van der Waals surface area contributed by atoms with Gasteiger partial charge in [0.05, 0.1) is 62.0 Å². The highest BCUT2D eigenvalue weighted by atomic mass is 16.5. The van der Waals surface area contributed by atoms with Gasteiger partial charge in [0.2, 0.25) is 0 Å². The number of methoxy groups -OCH3 is 2. The molecule has 0 unspecified atom stereocenters. The molecule has 1 N–H and O–H groups in total. The van der Waals surface area contributed by atoms with Gasteiger partial charge in [-0.15, -0.1) is 0 Å². The zero-order valence-corrected chi connectivity index (χ0v) is 32.0. The maximum Gasteiger partial charge on any atom is 0.257 e. The molecule has 0 bridgehead atoms. The number of carbonyl (C=O) groups excluding carboxylic acids is 2. The highest BCUT2D eigenvalue weighted by molar-refractivity contribution is 6.04. The van der Waals surface area contributed by atoms with Crippen LogP contribution in [0.4, 0.5) is 11.4 Å². The average Bonchev–Trinajstić information content (AvgIpc) is 3.61. The number of anilines is 1. The number of aliphatic imine (C=N–C) groups is 1. The van der Waals surface area contributed by atoms with Crippen LogP contribution in [-0.4, -0.2) is 97.8 Å². The second kappa shape index (κ2) is 14.1. The molecule has 11 heteroatoms. The monoisotopic (exact) mass is 714 g/mol. The molecule has 0 saturated carbocycles. The second-order valence-electron chi connectivity index (χ2n) is 16.5. The normalized spacial score (nSPS) is 21.5. The number of hydrogen-bond acceptors (Lipinski definition) is 9. The molecule has 4 aliphatic heterocycles. The van der Waals surface area contributed by atoms with Gasteiger partial charge in [-0.2, -0.15) is 0 Å². The molecule has 280 valence electrons. The third-order valence-electron chi connectivity index (χ3n) is 10.6. The molecule has 2 fully saturated rings. The van der Waals surface area contributed by atoms with Crippen LogP contribution in [0.3, 0.4) is 0 Å². The predicted octanol–water partition coefficient (Wildman–Crippen LogP) is 6.80. The van der Waals surface area contributed by atoms with Crippen molar-refractivity contribution < 1.29 is 33.6 Å². The van der Waals surface area contributed by atoms with E-state index in [0.717, 1.165) is 30.4 Å². The first-order chi connectivity index (χ1) is 24.5. The van der Waals surface area contributed by atoms with Crippen LogP contribution in [-0.2, 0) is 0 Å². The highest BCUT2D eigenvalue weighted by Crippen LogP contribution is 2.44. The molecule has 3 atom stereocenters. The fourth-order valence-electron chi connectivity index (χ4n) is 8.34. The lowest BCUT2D eigenvalue weighted by molar-refractivity contribution is 0.0497. The molecule has 4 aliphatic rings. The van der Waals surface area contributed by atoms with Crippen LogP contribution < -0.4 is 23.8 Å². The summed E-state index contributed by atoms with van der Waals surface area (Å²) in [6.07, 6.45) is 3.81. The molecule has 4 heterocycles. The van der Waals surface area contributed by atoms with Crippen LogP contribution in [0.2, 0.25) is 0 Å². The van der Waals surface area contributed by atoms with Crippen molar-refractivity contribution in [2.45, 2.75) is 91.6 Å². The number of nitrogens with zero attached hydrogens (tertiary/aromatic N) is 4. The molecular formula is C41H54N4O7. The van der Waals surface area contributed by atoms with E-state index in [2.05, 4.69) is 45.8 Å². The predicted molar refractivity (Wildman–Crippen MR) is 203 cm³/mol. The Morgan fingerprint density at radius 2 is 1.46 bits per heavy atom. The highest BCUT2D eigenvalue weighted by Gasteiger charge is 2.44. The number of rotatable bonds is 12. The van der Waals surface area contributed by atoms with Gasteiger partial charge in [-0.25, -0.2) is 0 Å². The van der Waals surface area contributed by atoms with Gasteiger partial charge >= 0.3 is 0 Å². The largest absolute Gasteiger partial charge is 0.493 e. The van der Waals surface area contributed by atoms with E-state index in [9.17, 15) is 14.7 Å². The lowest BCUT2D eigenvalue weighted by Gasteiger charge is -2.37. The SMILES string of the molecule is C=C1C[C@H]2C=Nc3cc(OCC(C)(C)CC(C)(C)CCOc4cc5c(cc4OC)C(=O)N4CC(=C)C[C@H]4[C@H](O)N5C(C)C)c(OC)cc3C(=O)N2C1. The summed E-state index contributed by atoms with van der Waals surface area (Å²) in [5, 5.41) is 11.5. The molecule has 6 rings (SSSR count). The number of hydrogen-bond donors (Lipinski definition) is 1. The van der Waals surface area contributed by atoms with Gasteiger partial charge in [0.1, 0.15) is 6.23 Å². The smallest absolute Gasteiger partial charge is 0.257 e. The number of benzene rings is 2. The zero-order valence-electron chi connectivity index (χ0n) is 32.0. The fraction of sp³-hybridized carbons (Fsp3) is 0.537. The number of ether oxygens (including phenoxy) is 4. The van der Waals surface area contributed by atoms with E-state index in [4.69, 9.17) is 18.9 Å². The first-order valence-electron chi connectivity index (χ1n) is 18.2. The van der Waals surface area contributed by atoms with Gasteiger partial charge in [-0.3, -0.25) is 14.6 Å². The number of aliphatic hydroxyl groups excluding tert-OH is 1. The summed E-state index contributed by atoms with van der Waals surface area (Å²) in [5.74, 6) is 1.81. The van der Waals surface area contributed by atoms with E-state index in [1.54, 1.807) is 42.2 Å². The van der Waals surface area contributed by atoms with Crippen LogP contribution in [0, 0.1) is 10.8 Å². The Balaban J connectivity index is 1.12. The van der Waals surface area contributed by atoms with Crippen LogP contribution in [0.1, 0.15) is 87.9 Å². The van der Waals surface area contributed by atoms with Gasteiger partial charge in [0.15, 0.2) is 23.0 Å². The Hall–Kier alpha value is -4.51. The third-order valence-corrected chi connectivity index (χ3v) is 10.6. The van der Waals surface area contributed by atoms with Gasteiger partial charge in [0, 0.05) is 37.5 Å². The van der Waals surface area contributed by atoms with E-state index >= 15 is 0 Å². The Kier molecular flexibility index (Phi) is 10.1. The maximum atomic E-state index is 13.8. The van der Waals surface area contributed by atoms with Crippen molar-refractivity contribution in [1.29, 1.82) is 0 Å². The minimum Gasteiger partial charge on any atom is -0.493 e. The van der Waals surface area contributed by atoms with Crippen molar-refractivity contribution in [3.05, 3.63) is 59.7 Å². The lowest BCUT2D eigenvalue weighted by Crippen LogP contribution is -2.50. The number of fused-ring (bicyclic) bond motifs is 4. The van der Waals surface area contributed by atoms with Crippen molar-refractivity contribution >= 4 is 29.4 Å². The second-order valence-corrected chi connectivity index (χ2v) is 16.5. The molecule has 0 radical (unpaired) electrons. The standard InChI is InChI=1S/C41H54N4O7/c1-24(2)45-31-18-36(34(50-10)16-29(31)38(47)44-21-26(4)14-32(44)39(45)48)51-12-11-40(5,6)22-41(7,8)23-52-35-17-30-28(15-33(35)49-9)37(46)43-20-25(3)13-27(43)19-42-30/h15-19,24,27,32,39,48H,3-4,11-14,20-23H2,1-2,5-10H3/t27-,32-,39-/m0/s1. The summed E-state index contributed by atoms with van der Waals surface area (Å²) in [7, 11) is 3.15. The summed E-state index contributed by atoms with van der Waals surface area (Å²) in [5.41, 5.74) is 3.79. The van der Waals surface area contributed by atoms with Gasteiger partial charge < -0.3 is 38.8 Å². The van der Waals surface area contributed by atoms with E-state index in [1.165, 1.54) is 0 Å². The summed E-state index contributed by atoms with van der Waals surface area (Å²) >= 11 is 0. The Morgan fingerprint density at radius 1 is 0.846 bits per heavy atom. The minimum atomic E-state index is -0.881. The Morgan fingerprint density at radius 3 is 2.13 bits per heavy atom. The van der Waals surface area contributed by atoms with Crippen molar-refractivity contribution in [2.75, 3.05) is 45.4 Å². The molecule has 2 saturated heterocycles. The lowest BCUT2D eigenvalue weighted by atomic mass is 9.74. The zero-order chi connectivity index (χ0) is 37.7. The first kappa shape index (κ1) is 37.3. The number of amides is 2. The summed E-state index contributed by atoms with van der Waals surface area (Å²) < 4.78 is 24.2.